The third-order valence-corrected chi connectivity index (χ3v) is 3.11. The fourth-order valence-corrected chi connectivity index (χ4v) is 2.15. The number of aromatic nitrogens is 4. The Bertz CT molecular complexity index is 591. The number of rotatable bonds is 1. The highest BCUT2D eigenvalue weighted by Gasteiger charge is 2.15. The Balaban J connectivity index is 2.93. The number of fused-ring (bicyclic) bond motifs is 1. The van der Waals surface area contributed by atoms with Crippen molar-refractivity contribution in [1.29, 1.82) is 0 Å². The molecule has 0 saturated heterocycles. The van der Waals surface area contributed by atoms with Gasteiger partial charge in [0.15, 0.2) is 5.65 Å². The maximum atomic E-state index is 11.3. The molecule has 0 aliphatic carbocycles. The molecule has 0 unspecified atom stereocenters. The van der Waals surface area contributed by atoms with E-state index in [9.17, 15) is 8.42 Å². The molecule has 74 valence electrons. The van der Waals surface area contributed by atoms with Gasteiger partial charge in [0, 0.05) is 12.5 Å². The van der Waals surface area contributed by atoms with E-state index in [2.05, 4.69) is 31.1 Å². The third kappa shape index (κ3) is 1.40. The fourth-order valence-electron chi connectivity index (χ4n) is 1.04. The van der Waals surface area contributed by atoms with Gasteiger partial charge in [-0.2, -0.15) is 0 Å². The number of halogens is 1. The van der Waals surface area contributed by atoms with E-state index in [1.165, 1.54) is 16.9 Å². The van der Waals surface area contributed by atoms with Crippen molar-refractivity contribution in [2.24, 2.45) is 0 Å². The van der Waals surface area contributed by atoms with E-state index in [1.807, 2.05) is 0 Å². The molecule has 2 aromatic heterocycles. The Morgan fingerprint density at radius 3 is 2.86 bits per heavy atom. The minimum Gasteiger partial charge on any atom is -0.255 e. The van der Waals surface area contributed by atoms with Crippen LogP contribution in [0.5, 0.6) is 0 Å². The summed E-state index contributed by atoms with van der Waals surface area (Å²) in [5.74, 6) is 0. The number of hydrogen-bond acceptors (Lipinski definition) is 5. The van der Waals surface area contributed by atoms with Crippen molar-refractivity contribution >= 4 is 31.4 Å². The van der Waals surface area contributed by atoms with Gasteiger partial charge in [-0.25, -0.2) is 13.4 Å². The van der Waals surface area contributed by atoms with E-state index in [0.717, 1.165) is 6.26 Å². The maximum Gasteiger partial charge on any atom is 0.234 e. The summed E-state index contributed by atoms with van der Waals surface area (Å²) in [5, 5.41) is 7.30. The summed E-state index contributed by atoms with van der Waals surface area (Å²) in [4.78, 5) is 3.80. The molecule has 0 aromatic carbocycles. The van der Waals surface area contributed by atoms with Crippen LogP contribution in [-0.2, 0) is 9.84 Å². The molecule has 2 rings (SSSR count). The van der Waals surface area contributed by atoms with Crippen molar-refractivity contribution in [2.75, 3.05) is 6.26 Å². The topological polar surface area (TPSA) is 77.2 Å². The quantitative estimate of drug-likeness (QED) is 0.700. The lowest BCUT2D eigenvalue weighted by Gasteiger charge is -2.00. The molecule has 2 heterocycles. The summed E-state index contributed by atoms with van der Waals surface area (Å²) >= 11 is 3.20. The molecule has 0 amide bonds. The largest absolute Gasteiger partial charge is 0.255 e. The molecule has 8 heteroatoms. The van der Waals surface area contributed by atoms with Gasteiger partial charge in [-0.1, -0.05) is 0 Å². The Hall–Kier alpha value is -1.02. The first kappa shape index (κ1) is 9.53. The van der Waals surface area contributed by atoms with Gasteiger partial charge in [-0.15, -0.1) is 10.2 Å². The van der Waals surface area contributed by atoms with Crippen LogP contribution in [0, 0.1) is 0 Å². The molecule has 0 aliphatic rings. The van der Waals surface area contributed by atoms with Gasteiger partial charge in [0.1, 0.15) is 6.33 Å². The van der Waals surface area contributed by atoms with Crippen LogP contribution in [0.2, 0.25) is 0 Å². The van der Waals surface area contributed by atoms with E-state index in [4.69, 9.17) is 0 Å². The second-order valence-electron chi connectivity index (χ2n) is 2.69. The summed E-state index contributed by atoms with van der Waals surface area (Å²) in [7, 11) is -3.37. The molecule has 0 bridgehead atoms. The van der Waals surface area contributed by atoms with Gasteiger partial charge in [0.05, 0.1) is 4.47 Å². The van der Waals surface area contributed by atoms with Crippen LogP contribution in [0.25, 0.3) is 5.65 Å². The van der Waals surface area contributed by atoms with Crippen LogP contribution in [0.4, 0.5) is 0 Å². The lowest BCUT2D eigenvalue weighted by molar-refractivity contribution is 0.590. The SMILES string of the molecule is CS(=O)(=O)c1ncc(Br)c2nncn12. The molecule has 6 nitrogen and oxygen atoms in total. The standard InChI is InChI=1S/C6H5BrN4O2S/c1-14(12,13)6-8-2-4(7)5-10-9-3-11(5)6/h2-3H,1H3. The molecule has 0 atom stereocenters. The zero-order valence-electron chi connectivity index (χ0n) is 7.05. The molecule has 0 N–H and O–H groups in total. The predicted octanol–water partition coefficient (Wildman–Crippen LogP) is 0.290. The van der Waals surface area contributed by atoms with E-state index in [-0.39, 0.29) is 5.16 Å². The highest BCUT2D eigenvalue weighted by atomic mass is 79.9. The van der Waals surface area contributed by atoms with Crippen LogP contribution < -0.4 is 0 Å². The molecule has 0 fully saturated rings. The van der Waals surface area contributed by atoms with Crippen LogP contribution in [0.1, 0.15) is 0 Å². The minimum atomic E-state index is -3.37. The average Bonchev–Trinajstić information content (AvgIpc) is 2.50. The van der Waals surface area contributed by atoms with Crippen molar-refractivity contribution in [3.05, 3.63) is 17.0 Å². The molecule has 0 spiro atoms. The highest BCUT2D eigenvalue weighted by Crippen LogP contribution is 2.17. The van der Waals surface area contributed by atoms with Crippen LogP contribution in [0.3, 0.4) is 0 Å². The molecule has 2 aromatic rings. The maximum absolute atomic E-state index is 11.3. The molecule has 0 saturated carbocycles. The van der Waals surface area contributed by atoms with Crippen LogP contribution in [-0.4, -0.2) is 34.3 Å². The highest BCUT2D eigenvalue weighted by molar-refractivity contribution is 9.10. The lowest BCUT2D eigenvalue weighted by Crippen LogP contribution is -2.07. The second-order valence-corrected chi connectivity index (χ2v) is 5.45. The van der Waals surface area contributed by atoms with Crippen molar-refractivity contribution in [2.45, 2.75) is 5.16 Å². The summed E-state index contributed by atoms with van der Waals surface area (Å²) in [6, 6.07) is 0. The van der Waals surface area contributed by atoms with E-state index < -0.39 is 9.84 Å². The van der Waals surface area contributed by atoms with E-state index in [0.29, 0.717) is 10.1 Å². The average molecular weight is 277 g/mol. The molecule has 0 aliphatic heterocycles. The Morgan fingerprint density at radius 1 is 1.50 bits per heavy atom. The summed E-state index contributed by atoms with van der Waals surface area (Å²) in [5.41, 5.74) is 0.431. The minimum absolute atomic E-state index is 0.0688. The number of hydrogen-bond donors (Lipinski definition) is 0. The molecule has 14 heavy (non-hydrogen) atoms. The fraction of sp³-hybridized carbons (Fsp3) is 0.167. The first-order valence-electron chi connectivity index (χ1n) is 3.54. The van der Waals surface area contributed by atoms with Crippen molar-refractivity contribution in [1.82, 2.24) is 19.6 Å². The van der Waals surface area contributed by atoms with Gasteiger partial charge in [0.2, 0.25) is 15.0 Å². The van der Waals surface area contributed by atoms with Crippen molar-refractivity contribution < 1.29 is 8.42 Å². The normalized spacial score (nSPS) is 12.1. The van der Waals surface area contributed by atoms with Gasteiger partial charge in [-0.05, 0) is 15.9 Å². The zero-order chi connectivity index (χ0) is 10.3. The van der Waals surface area contributed by atoms with Crippen LogP contribution in [0.15, 0.2) is 22.2 Å². The first-order chi connectivity index (χ1) is 6.50. The van der Waals surface area contributed by atoms with Crippen LogP contribution >= 0.6 is 15.9 Å². The third-order valence-electron chi connectivity index (χ3n) is 1.59. The summed E-state index contributed by atoms with van der Waals surface area (Å²) in [6.45, 7) is 0. The Kier molecular flexibility index (Phi) is 2.04. The zero-order valence-corrected chi connectivity index (χ0v) is 9.45. The Labute approximate surface area is 88.0 Å². The summed E-state index contributed by atoms with van der Waals surface area (Å²) in [6.07, 6.45) is 3.78. The monoisotopic (exact) mass is 276 g/mol. The number of sulfone groups is 1. The van der Waals surface area contributed by atoms with Gasteiger partial charge in [-0.3, -0.25) is 4.40 Å². The van der Waals surface area contributed by atoms with Gasteiger partial charge >= 0.3 is 0 Å². The lowest BCUT2D eigenvalue weighted by atomic mass is 10.6. The smallest absolute Gasteiger partial charge is 0.234 e. The van der Waals surface area contributed by atoms with E-state index >= 15 is 0 Å². The number of nitrogens with zero attached hydrogens (tertiary/aromatic N) is 4. The first-order valence-corrected chi connectivity index (χ1v) is 6.23. The molecular weight excluding hydrogens is 272 g/mol. The van der Waals surface area contributed by atoms with Crippen molar-refractivity contribution in [3.8, 4) is 0 Å². The van der Waals surface area contributed by atoms with Crippen molar-refractivity contribution in [3.63, 3.8) is 0 Å². The van der Waals surface area contributed by atoms with Gasteiger partial charge in [0.25, 0.3) is 0 Å². The predicted molar refractivity (Wildman–Crippen MR) is 51.6 cm³/mol. The Morgan fingerprint density at radius 2 is 2.21 bits per heavy atom. The molecular formula is C6H5BrN4O2S. The van der Waals surface area contributed by atoms with Gasteiger partial charge < -0.3 is 0 Å². The molecule has 0 radical (unpaired) electrons. The van der Waals surface area contributed by atoms with E-state index in [1.54, 1.807) is 0 Å². The second kappa shape index (κ2) is 2.99. The summed E-state index contributed by atoms with van der Waals surface area (Å²) < 4.78 is 24.5.